The quantitative estimate of drug-likeness (QED) is 0.211. The zero-order chi connectivity index (χ0) is 31.3. The molecular formula is C32H41N5O5S2. The molecule has 0 bridgehead atoms. The number of ether oxygens (including phenoxy) is 1. The summed E-state index contributed by atoms with van der Waals surface area (Å²) in [6.45, 7) is 5.69. The van der Waals surface area contributed by atoms with Gasteiger partial charge in [-0.1, -0.05) is 36.4 Å². The Bertz CT molecular complexity index is 1560. The Balaban J connectivity index is 1.28. The number of sulfonamides is 1. The van der Waals surface area contributed by atoms with Crippen molar-refractivity contribution >= 4 is 39.2 Å². The van der Waals surface area contributed by atoms with Crippen molar-refractivity contribution in [3.05, 3.63) is 65.3 Å². The predicted octanol–water partition coefficient (Wildman–Crippen LogP) is 6.51. The third kappa shape index (κ3) is 8.58. The lowest BCUT2D eigenvalue weighted by molar-refractivity contribution is 0.0492. The first-order valence-electron chi connectivity index (χ1n) is 15.2. The average Bonchev–Trinajstić information content (AvgIpc) is 3.44. The molecule has 44 heavy (non-hydrogen) atoms. The number of benzene rings is 2. The third-order valence-electron chi connectivity index (χ3n) is 7.78. The summed E-state index contributed by atoms with van der Waals surface area (Å²) in [5, 5.41) is 9.53. The molecule has 3 amide bonds. The fraction of sp³-hybridized carbons (Fsp3) is 0.469. The van der Waals surface area contributed by atoms with E-state index >= 15 is 0 Å². The van der Waals surface area contributed by atoms with Crippen molar-refractivity contribution in [2.24, 2.45) is 0 Å². The lowest BCUT2D eigenvalue weighted by Crippen LogP contribution is -2.40. The smallest absolute Gasteiger partial charge is 0.407 e. The van der Waals surface area contributed by atoms with Gasteiger partial charge in [-0.15, -0.1) is 11.3 Å². The van der Waals surface area contributed by atoms with Crippen LogP contribution in [0.3, 0.4) is 0 Å². The second kappa shape index (κ2) is 13.7. The Morgan fingerprint density at radius 1 is 1.00 bits per heavy atom. The number of amides is 3. The molecule has 236 valence electrons. The van der Waals surface area contributed by atoms with Crippen LogP contribution in [0.4, 0.5) is 15.3 Å². The molecule has 2 aliphatic rings. The summed E-state index contributed by atoms with van der Waals surface area (Å²) in [5.41, 5.74) is 1.13. The highest BCUT2D eigenvalue weighted by Gasteiger charge is 2.30. The molecule has 1 aromatic heterocycles. The standard InChI is InChI=1S/C32H41N5O5S2/c1-32(2,3)37-44(40,41)28-18-24(35-30(38)34-19-21-8-5-4-6-9-21)16-17-26(28)27-20-33-29(43-27)22-12-14-23(15-13-22)36-31(39)42-25-10-7-11-25/h4-6,8-9,16-18,20,22-23,25,37H,7,10-15,19H2,1-3H3,(H,36,39)(H2,34,35,38). The minimum absolute atomic E-state index is 0.0639. The van der Waals surface area contributed by atoms with Gasteiger partial charge in [-0.25, -0.2) is 27.7 Å². The number of aromatic nitrogens is 1. The molecule has 4 N–H and O–H groups in total. The Labute approximate surface area is 263 Å². The highest BCUT2D eigenvalue weighted by Crippen LogP contribution is 2.40. The van der Waals surface area contributed by atoms with E-state index in [1.807, 2.05) is 30.3 Å². The summed E-state index contributed by atoms with van der Waals surface area (Å²) in [4.78, 5) is 30.3. The lowest BCUT2D eigenvalue weighted by atomic mass is 9.86. The lowest BCUT2D eigenvalue weighted by Gasteiger charge is -2.30. The molecule has 5 rings (SSSR count). The van der Waals surface area contributed by atoms with Gasteiger partial charge >= 0.3 is 12.1 Å². The van der Waals surface area contributed by atoms with Crippen LogP contribution in [-0.4, -0.2) is 43.2 Å². The number of hydrogen-bond acceptors (Lipinski definition) is 7. The van der Waals surface area contributed by atoms with Gasteiger partial charge in [0, 0.05) is 41.5 Å². The number of hydrogen-bond donors (Lipinski definition) is 4. The first-order chi connectivity index (χ1) is 20.9. The number of alkyl carbamates (subject to hydrolysis) is 1. The van der Waals surface area contributed by atoms with E-state index in [4.69, 9.17) is 9.72 Å². The van der Waals surface area contributed by atoms with Crippen molar-refractivity contribution < 1.29 is 22.7 Å². The fourth-order valence-electron chi connectivity index (χ4n) is 5.36. The molecule has 0 atom stereocenters. The van der Waals surface area contributed by atoms with Gasteiger partial charge in [-0.3, -0.25) is 0 Å². The molecule has 3 aromatic rings. The molecule has 2 saturated carbocycles. The zero-order valence-corrected chi connectivity index (χ0v) is 27.0. The normalized spacial score (nSPS) is 19.1. The van der Waals surface area contributed by atoms with Crippen LogP contribution in [-0.2, 0) is 21.3 Å². The van der Waals surface area contributed by atoms with E-state index in [-0.39, 0.29) is 29.1 Å². The maximum absolute atomic E-state index is 13.6. The molecule has 1 heterocycles. The molecule has 0 saturated heterocycles. The van der Waals surface area contributed by atoms with Gasteiger partial charge < -0.3 is 20.7 Å². The van der Waals surface area contributed by atoms with Gasteiger partial charge in [0.05, 0.1) is 14.8 Å². The molecule has 2 aromatic carbocycles. The number of nitrogens with zero attached hydrogens (tertiary/aromatic N) is 1. The van der Waals surface area contributed by atoms with Crippen molar-refractivity contribution in [2.45, 2.75) is 101 Å². The van der Waals surface area contributed by atoms with Crippen molar-refractivity contribution in [2.75, 3.05) is 5.32 Å². The zero-order valence-electron chi connectivity index (χ0n) is 25.4. The van der Waals surface area contributed by atoms with Crippen LogP contribution in [0.25, 0.3) is 10.4 Å². The van der Waals surface area contributed by atoms with E-state index < -0.39 is 21.6 Å². The second-order valence-electron chi connectivity index (χ2n) is 12.6. The van der Waals surface area contributed by atoms with E-state index in [1.165, 1.54) is 17.4 Å². The maximum Gasteiger partial charge on any atom is 0.407 e. The van der Waals surface area contributed by atoms with Crippen LogP contribution < -0.4 is 20.7 Å². The Morgan fingerprint density at radius 2 is 1.73 bits per heavy atom. The Kier molecular flexibility index (Phi) is 9.91. The van der Waals surface area contributed by atoms with Crippen molar-refractivity contribution in [3.63, 3.8) is 0 Å². The van der Waals surface area contributed by atoms with Gasteiger partial charge in [-0.05, 0) is 83.4 Å². The SMILES string of the molecule is CC(C)(C)NS(=O)(=O)c1cc(NC(=O)NCc2ccccc2)ccc1-c1cnc(C2CCC(NC(=O)OC3CCC3)CC2)s1. The van der Waals surface area contributed by atoms with Crippen molar-refractivity contribution in [1.29, 1.82) is 0 Å². The molecule has 12 heteroatoms. The Morgan fingerprint density at radius 3 is 2.39 bits per heavy atom. The molecule has 0 spiro atoms. The summed E-state index contributed by atoms with van der Waals surface area (Å²) >= 11 is 1.49. The van der Waals surface area contributed by atoms with Crippen LogP contribution in [0.15, 0.2) is 59.6 Å². The number of rotatable bonds is 9. The van der Waals surface area contributed by atoms with E-state index in [9.17, 15) is 18.0 Å². The molecule has 0 aliphatic heterocycles. The molecule has 2 aliphatic carbocycles. The van der Waals surface area contributed by atoms with Crippen LogP contribution in [0, 0.1) is 0 Å². The number of urea groups is 1. The number of nitrogens with one attached hydrogen (secondary N) is 4. The summed E-state index contributed by atoms with van der Waals surface area (Å²) in [7, 11) is -3.95. The molecule has 2 fully saturated rings. The molecule has 0 radical (unpaired) electrons. The van der Waals surface area contributed by atoms with Crippen LogP contribution in [0.1, 0.15) is 82.2 Å². The highest BCUT2D eigenvalue weighted by molar-refractivity contribution is 7.89. The van der Waals surface area contributed by atoms with Crippen LogP contribution >= 0.6 is 11.3 Å². The number of anilines is 1. The largest absolute Gasteiger partial charge is 0.446 e. The van der Waals surface area contributed by atoms with Gasteiger partial charge in [0.15, 0.2) is 0 Å². The summed E-state index contributed by atoms with van der Waals surface area (Å²) in [6.07, 6.45) is 7.91. The highest BCUT2D eigenvalue weighted by atomic mass is 32.2. The Hall–Kier alpha value is -3.48. The summed E-state index contributed by atoms with van der Waals surface area (Å²) in [5.74, 6) is 0.233. The van der Waals surface area contributed by atoms with Crippen molar-refractivity contribution in [1.82, 2.24) is 20.3 Å². The van der Waals surface area contributed by atoms with Crippen LogP contribution in [0.2, 0.25) is 0 Å². The monoisotopic (exact) mass is 639 g/mol. The van der Waals surface area contributed by atoms with Crippen LogP contribution in [0.5, 0.6) is 0 Å². The predicted molar refractivity (Wildman–Crippen MR) is 172 cm³/mol. The van der Waals surface area contributed by atoms with Gasteiger partial charge in [0.1, 0.15) is 6.10 Å². The van der Waals surface area contributed by atoms with Crippen molar-refractivity contribution in [3.8, 4) is 10.4 Å². The van der Waals surface area contributed by atoms with E-state index in [0.29, 0.717) is 17.8 Å². The number of carbonyl (C=O) groups excluding carboxylic acids is 2. The number of thiazole rings is 1. The average molecular weight is 640 g/mol. The van der Waals surface area contributed by atoms with E-state index in [2.05, 4.69) is 20.7 Å². The minimum atomic E-state index is -3.95. The van der Waals surface area contributed by atoms with Gasteiger partial charge in [-0.2, -0.15) is 0 Å². The molecule has 10 nitrogen and oxygen atoms in total. The number of carbonyl (C=O) groups is 2. The fourth-order valence-corrected chi connectivity index (χ4v) is 8.22. The first kappa shape index (κ1) is 31.9. The van der Waals surface area contributed by atoms with Gasteiger partial charge in [0.25, 0.3) is 0 Å². The molecular weight excluding hydrogens is 599 g/mol. The first-order valence-corrected chi connectivity index (χ1v) is 17.5. The molecule has 0 unspecified atom stereocenters. The maximum atomic E-state index is 13.6. The third-order valence-corrected chi connectivity index (χ3v) is 10.8. The van der Waals surface area contributed by atoms with E-state index in [0.717, 1.165) is 60.4 Å². The second-order valence-corrected chi connectivity index (χ2v) is 15.3. The van der Waals surface area contributed by atoms with Gasteiger partial charge in [0.2, 0.25) is 10.0 Å². The minimum Gasteiger partial charge on any atom is -0.446 e. The summed E-state index contributed by atoms with van der Waals surface area (Å²) in [6, 6.07) is 14.1. The topological polar surface area (TPSA) is 139 Å². The summed E-state index contributed by atoms with van der Waals surface area (Å²) < 4.78 is 35.4. The van der Waals surface area contributed by atoms with E-state index in [1.54, 1.807) is 39.1 Å².